The summed E-state index contributed by atoms with van der Waals surface area (Å²) in [7, 11) is 0. The molecule has 0 radical (unpaired) electrons. The topological polar surface area (TPSA) is 3.24 Å². The molecule has 2 aliphatic carbocycles. The van der Waals surface area contributed by atoms with Gasteiger partial charge >= 0.3 is 0 Å². The van der Waals surface area contributed by atoms with Crippen LogP contribution < -0.4 is 4.90 Å². The van der Waals surface area contributed by atoms with Gasteiger partial charge in [0.05, 0.1) is 11.1 Å². The van der Waals surface area contributed by atoms with Crippen LogP contribution in [0.2, 0.25) is 0 Å². The van der Waals surface area contributed by atoms with Crippen LogP contribution in [0.4, 0.5) is 17.1 Å². The summed E-state index contributed by atoms with van der Waals surface area (Å²) in [5.74, 6) is 0. The average Bonchev–Trinajstić information content (AvgIpc) is 3.71. The maximum absolute atomic E-state index is 2.51. The van der Waals surface area contributed by atoms with Crippen molar-refractivity contribution in [3.05, 3.63) is 246 Å². The lowest BCUT2D eigenvalue weighted by Crippen LogP contribution is -2.28. The number of hydrogen-bond acceptors (Lipinski definition) is 1. The van der Waals surface area contributed by atoms with Gasteiger partial charge in [-0.05, 0) is 108 Å². The van der Waals surface area contributed by atoms with E-state index in [2.05, 4.69) is 231 Å². The van der Waals surface area contributed by atoms with Gasteiger partial charge in [0, 0.05) is 22.4 Å². The van der Waals surface area contributed by atoms with Gasteiger partial charge < -0.3 is 4.90 Å². The summed E-state index contributed by atoms with van der Waals surface area (Å²) in [5.41, 5.74) is 18.3. The zero-order chi connectivity index (χ0) is 38.1. The van der Waals surface area contributed by atoms with E-state index in [4.69, 9.17) is 0 Å². The molecular formula is C56H41N. The molecule has 0 saturated heterocycles. The lowest BCUT2D eigenvalue weighted by molar-refractivity contribution is 0.660. The number of anilines is 3. The van der Waals surface area contributed by atoms with Crippen molar-refractivity contribution < 1.29 is 0 Å². The van der Waals surface area contributed by atoms with Crippen molar-refractivity contribution in [2.24, 2.45) is 0 Å². The maximum atomic E-state index is 2.51. The van der Waals surface area contributed by atoms with Crippen molar-refractivity contribution in [3.8, 4) is 33.4 Å². The van der Waals surface area contributed by atoms with Crippen LogP contribution in [-0.4, -0.2) is 0 Å². The molecule has 0 amide bonds. The number of benzene rings is 9. The first-order valence-electron chi connectivity index (χ1n) is 20.0. The van der Waals surface area contributed by atoms with Crippen LogP contribution >= 0.6 is 0 Å². The summed E-state index contributed by atoms with van der Waals surface area (Å²) >= 11 is 0. The Kier molecular flexibility index (Phi) is 7.50. The van der Waals surface area contributed by atoms with E-state index in [1.807, 2.05) is 0 Å². The fourth-order valence-corrected chi connectivity index (χ4v) is 10.1. The third kappa shape index (κ3) is 4.95. The Morgan fingerprint density at radius 1 is 0.351 bits per heavy atom. The average molecular weight is 728 g/mol. The molecule has 0 saturated carbocycles. The quantitative estimate of drug-likeness (QED) is 0.165. The minimum absolute atomic E-state index is 0.130. The zero-order valence-electron chi connectivity index (χ0n) is 32.2. The molecule has 0 N–H and O–H groups in total. The second-order valence-electron chi connectivity index (χ2n) is 16.1. The van der Waals surface area contributed by atoms with Gasteiger partial charge in [-0.25, -0.2) is 0 Å². The zero-order valence-corrected chi connectivity index (χ0v) is 32.2. The lowest BCUT2D eigenvalue weighted by atomic mass is 9.68. The van der Waals surface area contributed by atoms with E-state index < -0.39 is 5.41 Å². The van der Waals surface area contributed by atoms with Crippen LogP contribution in [0.3, 0.4) is 0 Å². The molecule has 2 aliphatic rings. The summed E-state index contributed by atoms with van der Waals surface area (Å²) in [4.78, 5) is 2.51. The van der Waals surface area contributed by atoms with E-state index >= 15 is 0 Å². The molecule has 0 bridgehead atoms. The molecule has 9 aromatic rings. The van der Waals surface area contributed by atoms with Crippen molar-refractivity contribution >= 4 is 27.8 Å². The molecule has 0 atom stereocenters. The fraction of sp³-hybridized carbons (Fsp3) is 0.0714. The van der Waals surface area contributed by atoms with Crippen LogP contribution in [0.5, 0.6) is 0 Å². The van der Waals surface area contributed by atoms with Gasteiger partial charge in [-0.15, -0.1) is 0 Å². The Morgan fingerprint density at radius 2 is 0.912 bits per heavy atom. The molecule has 0 heterocycles. The first-order chi connectivity index (χ1) is 28.0. The molecule has 0 unspecified atom stereocenters. The molecule has 1 nitrogen and oxygen atoms in total. The second-order valence-corrected chi connectivity index (χ2v) is 16.1. The van der Waals surface area contributed by atoms with Crippen molar-refractivity contribution in [2.45, 2.75) is 24.7 Å². The summed E-state index contributed by atoms with van der Waals surface area (Å²) in [6.45, 7) is 4.74. The monoisotopic (exact) mass is 727 g/mol. The largest absolute Gasteiger partial charge is 0.310 e. The molecule has 0 fully saturated rings. The number of nitrogens with zero attached hydrogens (tertiary/aromatic N) is 1. The van der Waals surface area contributed by atoms with E-state index in [1.54, 1.807) is 0 Å². The molecule has 11 rings (SSSR count). The van der Waals surface area contributed by atoms with Gasteiger partial charge in [-0.3, -0.25) is 0 Å². The van der Waals surface area contributed by atoms with E-state index in [1.165, 1.54) is 83.2 Å². The molecule has 0 spiro atoms. The van der Waals surface area contributed by atoms with Gasteiger partial charge in [0.15, 0.2) is 0 Å². The number of hydrogen-bond donors (Lipinski definition) is 0. The number of fused-ring (bicyclic) bond motifs is 7. The van der Waals surface area contributed by atoms with Crippen molar-refractivity contribution in [2.75, 3.05) is 4.90 Å². The van der Waals surface area contributed by atoms with E-state index in [0.29, 0.717) is 0 Å². The minimum atomic E-state index is -0.488. The molecular weight excluding hydrogens is 687 g/mol. The molecule has 57 heavy (non-hydrogen) atoms. The predicted octanol–water partition coefficient (Wildman–Crippen LogP) is 14.6. The smallest absolute Gasteiger partial charge is 0.0714 e. The highest BCUT2D eigenvalue weighted by Gasteiger charge is 2.47. The highest BCUT2D eigenvalue weighted by molar-refractivity contribution is 5.98. The van der Waals surface area contributed by atoms with Gasteiger partial charge in [0.25, 0.3) is 0 Å². The molecule has 0 aliphatic heterocycles. The molecule has 9 aromatic carbocycles. The van der Waals surface area contributed by atoms with Crippen LogP contribution in [-0.2, 0) is 10.8 Å². The van der Waals surface area contributed by atoms with E-state index in [-0.39, 0.29) is 5.41 Å². The van der Waals surface area contributed by atoms with Crippen molar-refractivity contribution in [1.82, 2.24) is 0 Å². The van der Waals surface area contributed by atoms with Crippen molar-refractivity contribution in [1.29, 1.82) is 0 Å². The standard InChI is InChI=1S/C56H41N/c1-55(2)49-24-13-11-22-46(49)47-35-34-45(37-52(47)55)57(44-32-30-39(31-33-44)41-29-28-38-16-9-10-17-40(38)36-41)53-27-15-26-51-54(53)48-23-12-14-25-50(48)56(51,42-18-5-3-6-19-42)43-20-7-4-8-21-43/h3-37H,1-2H3. The summed E-state index contributed by atoms with van der Waals surface area (Å²) in [5, 5.41) is 2.51. The van der Waals surface area contributed by atoms with Crippen LogP contribution in [0.25, 0.3) is 44.2 Å². The molecule has 1 heteroatoms. The third-order valence-electron chi connectivity index (χ3n) is 12.7. The first-order valence-corrected chi connectivity index (χ1v) is 20.0. The van der Waals surface area contributed by atoms with Crippen LogP contribution in [0, 0.1) is 0 Å². The Hall–Kier alpha value is -6.96. The normalized spacial score (nSPS) is 14.1. The third-order valence-corrected chi connectivity index (χ3v) is 12.7. The SMILES string of the molecule is CC1(C)c2ccccc2-c2ccc(N(c3ccc(-c4ccc5ccccc5c4)cc3)c3cccc4c3-c3ccccc3C4(c3ccccc3)c3ccccc3)cc21. The highest BCUT2D eigenvalue weighted by Crippen LogP contribution is 2.60. The van der Waals surface area contributed by atoms with Crippen LogP contribution in [0.15, 0.2) is 212 Å². The minimum Gasteiger partial charge on any atom is -0.310 e. The Morgan fingerprint density at radius 3 is 1.65 bits per heavy atom. The summed E-state index contributed by atoms with van der Waals surface area (Å²) < 4.78 is 0. The van der Waals surface area contributed by atoms with Gasteiger partial charge in [-0.1, -0.05) is 190 Å². The van der Waals surface area contributed by atoms with Gasteiger partial charge in [0.1, 0.15) is 0 Å². The summed E-state index contributed by atoms with van der Waals surface area (Å²) in [6.07, 6.45) is 0. The Labute approximate surface area is 335 Å². The maximum Gasteiger partial charge on any atom is 0.0714 e. The highest BCUT2D eigenvalue weighted by atomic mass is 15.1. The number of rotatable bonds is 6. The Balaban J connectivity index is 1.16. The van der Waals surface area contributed by atoms with E-state index in [9.17, 15) is 0 Å². The summed E-state index contributed by atoms with van der Waals surface area (Å²) in [6, 6.07) is 78.8. The lowest BCUT2D eigenvalue weighted by Gasteiger charge is -2.34. The molecule has 270 valence electrons. The van der Waals surface area contributed by atoms with Crippen molar-refractivity contribution in [3.63, 3.8) is 0 Å². The molecule has 0 aromatic heterocycles. The Bertz CT molecular complexity index is 2930. The van der Waals surface area contributed by atoms with Gasteiger partial charge in [-0.2, -0.15) is 0 Å². The van der Waals surface area contributed by atoms with E-state index in [0.717, 1.165) is 11.4 Å². The first kappa shape index (κ1) is 33.4. The van der Waals surface area contributed by atoms with Gasteiger partial charge in [0.2, 0.25) is 0 Å². The fourth-order valence-electron chi connectivity index (χ4n) is 10.1. The predicted molar refractivity (Wildman–Crippen MR) is 239 cm³/mol. The second kappa shape index (κ2) is 12.8. The van der Waals surface area contributed by atoms with Crippen LogP contribution in [0.1, 0.15) is 47.2 Å².